The van der Waals surface area contributed by atoms with Gasteiger partial charge in [-0.25, -0.2) is 9.97 Å². The van der Waals surface area contributed by atoms with E-state index in [9.17, 15) is 9.90 Å². The van der Waals surface area contributed by atoms with E-state index in [0.717, 1.165) is 48.1 Å². The van der Waals surface area contributed by atoms with Crippen LogP contribution < -0.4 is 9.64 Å². The predicted molar refractivity (Wildman–Crippen MR) is 168 cm³/mol. The van der Waals surface area contributed by atoms with Crippen LogP contribution in [0.4, 0.5) is 5.69 Å². The number of aliphatic hydroxyl groups is 1. The van der Waals surface area contributed by atoms with Crippen molar-refractivity contribution in [2.75, 3.05) is 38.2 Å². The van der Waals surface area contributed by atoms with Crippen molar-refractivity contribution in [1.82, 2.24) is 29.6 Å². The summed E-state index contributed by atoms with van der Waals surface area (Å²) in [5, 5.41) is 16.2. The molecule has 2 aromatic carbocycles. The molecule has 224 valence electrons. The van der Waals surface area contributed by atoms with Crippen LogP contribution in [0, 0.1) is 0 Å². The van der Waals surface area contributed by atoms with E-state index in [1.165, 1.54) is 24.7 Å². The van der Waals surface area contributed by atoms with Gasteiger partial charge in [-0.05, 0) is 75.0 Å². The molecular formula is C34H35N7O3. The Bertz CT molecular complexity index is 1870. The van der Waals surface area contributed by atoms with Gasteiger partial charge in [-0.15, -0.1) is 0 Å². The van der Waals surface area contributed by atoms with Crippen LogP contribution in [0.25, 0.3) is 33.5 Å². The van der Waals surface area contributed by atoms with Gasteiger partial charge in [0, 0.05) is 34.8 Å². The highest BCUT2D eigenvalue weighted by molar-refractivity contribution is 6.09. The number of piperidine rings is 1. The number of benzene rings is 2. The lowest BCUT2D eigenvalue weighted by Crippen LogP contribution is -2.33. The van der Waals surface area contributed by atoms with Crippen molar-refractivity contribution >= 4 is 22.6 Å². The van der Waals surface area contributed by atoms with Crippen LogP contribution in [0.3, 0.4) is 0 Å². The summed E-state index contributed by atoms with van der Waals surface area (Å²) >= 11 is 0. The summed E-state index contributed by atoms with van der Waals surface area (Å²) < 4.78 is 8.14. The Morgan fingerprint density at radius 2 is 1.98 bits per heavy atom. The average molecular weight is 590 g/mol. The topological polar surface area (TPSA) is 112 Å². The smallest absolute Gasteiger partial charge is 0.262 e. The lowest BCUT2D eigenvalue weighted by atomic mass is 9.99. The zero-order valence-electron chi connectivity index (χ0n) is 24.7. The Labute approximate surface area is 255 Å². The van der Waals surface area contributed by atoms with Gasteiger partial charge in [0.1, 0.15) is 24.3 Å². The highest BCUT2D eigenvalue weighted by atomic mass is 16.5. The molecule has 1 amide bonds. The van der Waals surface area contributed by atoms with E-state index < -0.39 is 0 Å². The van der Waals surface area contributed by atoms with Gasteiger partial charge in [0.25, 0.3) is 5.91 Å². The van der Waals surface area contributed by atoms with Crippen LogP contribution in [-0.2, 0) is 6.61 Å². The van der Waals surface area contributed by atoms with Crippen LogP contribution in [0.2, 0.25) is 0 Å². The van der Waals surface area contributed by atoms with Crippen molar-refractivity contribution in [3.8, 4) is 28.3 Å². The molecule has 2 N–H and O–H groups in total. The highest BCUT2D eigenvalue weighted by Crippen LogP contribution is 2.43. The number of carbonyl (C=O) groups excluding carboxylic acids is 1. The van der Waals surface area contributed by atoms with Gasteiger partial charge >= 0.3 is 0 Å². The Hall–Kier alpha value is -4.54. The lowest BCUT2D eigenvalue weighted by molar-refractivity contribution is 0.0989. The molecule has 0 radical (unpaired) electrons. The van der Waals surface area contributed by atoms with Gasteiger partial charge in [0.15, 0.2) is 0 Å². The first-order chi connectivity index (χ1) is 21.6. The van der Waals surface area contributed by atoms with Crippen LogP contribution in [0.1, 0.15) is 59.1 Å². The number of rotatable bonds is 6. The van der Waals surface area contributed by atoms with E-state index in [-0.39, 0.29) is 12.5 Å². The van der Waals surface area contributed by atoms with E-state index >= 15 is 0 Å². The molecule has 5 aromatic rings. The van der Waals surface area contributed by atoms with Gasteiger partial charge in [0.05, 0.1) is 48.0 Å². The number of H-pyrrole nitrogens is 1. The van der Waals surface area contributed by atoms with Crippen molar-refractivity contribution in [2.45, 2.75) is 44.2 Å². The number of hydrogen-bond donors (Lipinski definition) is 2. The quantitative estimate of drug-likeness (QED) is 0.281. The molecule has 2 aliphatic heterocycles. The Morgan fingerprint density at radius 3 is 2.82 bits per heavy atom. The first-order valence-electron chi connectivity index (χ1n) is 15.5. The maximum absolute atomic E-state index is 13.9. The maximum Gasteiger partial charge on any atom is 0.262 e. The molecule has 44 heavy (non-hydrogen) atoms. The van der Waals surface area contributed by atoms with Crippen LogP contribution in [0.5, 0.6) is 5.75 Å². The Balaban J connectivity index is 1.15. The van der Waals surface area contributed by atoms with Crippen molar-refractivity contribution in [3.05, 3.63) is 77.9 Å². The number of nitrogens with one attached hydrogen (secondary N) is 1. The highest BCUT2D eigenvalue weighted by Gasteiger charge is 2.30. The molecule has 1 unspecified atom stereocenters. The third-order valence-corrected chi connectivity index (χ3v) is 9.27. The lowest BCUT2D eigenvalue weighted by Gasteiger charge is -2.29. The number of likely N-dealkylation sites (tertiary alicyclic amines) is 1. The summed E-state index contributed by atoms with van der Waals surface area (Å²) in [4.78, 5) is 30.6. The number of carbonyl (C=O) groups is 1. The predicted octanol–water partition coefficient (Wildman–Crippen LogP) is 5.16. The largest absolute Gasteiger partial charge is 0.491 e. The van der Waals surface area contributed by atoms with Crippen molar-refractivity contribution in [2.24, 2.45) is 0 Å². The molecule has 1 aliphatic carbocycles. The minimum atomic E-state index is -0.255. The van der Waals surface area contributed by atoms with E-state index in [1.807, 2.05) is 48.7 Å². The summed E-state index contributed by atoms with van der Waals surface area (Å²) in [5.74, 6) is 1.08. The maximum atomic E-state index is 13.9. The second kappa shape index (κ2) is 10.9. The minimum absolute atomic E-state index is 0.135. The van der Waals surface area contributed by atoms with E-state index in [4.69, 9.17) is 9.84 Å². The zero-order valence-corrected chi connectivity index (χ0v) is 24.7. The fraction of sp³-hybridized carbons (Fsp3) is 0.353. The number of aromatic amines is 1. The number of ether oxygens (including phenoxy) is 1. The van der Waals surface area contributed by atoms with E-state index in [2.05, 4.69) is 37.8 Å². The summed E-state index contributed by atoms with van der Waals surface area (Å²) in [6.45, 7) is 2.60. The third kappa shape index (κ3) is 4.74. The molecule has 10 heteroatoms. The number of hydrogen-bond acceptors (Lipinski definition) is 7. The van der Waals surface area contributed by atoms with Gasteiger partial charge < -0.3 is 24.6 Å². The molecule has 1 saturated carbocycles. The van der Waals surface area contributed by atoms with Crippen molar-refractivity contribution < 1.29 is 14.6 Å². The number of aliphatic hydroxyl groups excluding tert-OH is 1. The molecule has 0 spiro atoms. The normalized spacial score (nSPS) is 19.2. The molecule has 2 fully saturated rings. The summed E-state index contributed by atoms with van der Waals surface area (Å²) in [6, 6.07) is 14.1. The SMILES string of the molecule is CN1CCCC(n2cc(-c3cc4c(-c5cccc(N6CCOc7cc(C8CC8)ccc7C6=O)c5CO)ncnc4[nH]3)cn2)C1. The summed E-state index contributed by atoms with van der Waals surface area (Å²) in [5.41, 5.74) is 7.10. The third-order valence-electron chi connectivity index (χ3n) is 9.27. The number of anilines is 1. The fourth-order valence-electron chi connectivity index (χ4n) is 6.79. The molecule has 8 rings (SSSR count). The molecule has 0 bridgehead atoms. The second-order valence-corrected chi connectivity index (χ2v) is 12.2. The minimum Gasteiger partial charge on any atom is -0.491 e. The van der Waals surface area contributed by atoms with E-state index in [0.29, 0.717) is 59.0 Å². The number of nitrogens with zero attached hydrogens (tertiary/aromatic N) is 6. The van der Waals surface area contributed by atoms with Gasteiger partial charge in [-0.3, -0.25) is 9.48 Å². The number of aromatic nitrogens is 5. The molecule has 1 saturated heterocycles. The van der Waals surface area contributed by atoms with Gasteiger partial charge in [-0.1, -0.05) is 18.2 Å². The summed E-state index contributed by atoms with van der Waals surface area (Å²) in [6.07, 6.45) is 10.2. The first kappa shape index (κ1) is 27.0. The fourth-order valence-corrected chi connectivity index (χ4v) is 6.79. The monoisotopic (exact) mass is 589 g/mol. The average Bonchev–Trinajstić information content (AvgIpc) is 3.65. The molecule has 5 heterocycles. The molecule has 3 aromatic heterocycles. The number of fused-ring (bicyclic) bond motifs is 2. The number of amides is 1. The number of likely N-dealkylation sites (N-methyl/N-ethyl adjacent to an activating group) is 1. The first-order valence-corrected chi connectivity index (χ1v) is 15.5. The van der Waals surface area contributed by atoms with Crippen LogP contribution in [0.15, 0.2) is 61.2 Å². The van der Waals surface area contributed by atoms with E-state index in [1.54, 1.807) is 4.90 Å². The van der Waals surface area contributed by atoms with Gasteiger partial charge in [0.2, 0.25) is 0 Å². The van der Waals surface area contributed by atoms with Crippen molar-refractivity contribution in [3.63, 3.8) is 0 Å². The molecule has 10 nitrogen and oxygen atoms in total. The van der Waals surface area contributed by atoms with Crippen LogP contribution in [-0.4, -0.2) is 73.9 Å². The zero-order chi connectivity index (χ0) is 29.8. The molecular weight excluding hydrogens is 554 g/mol. The molecule has 1 atom stereocenters. The standard InChI is InChI=1S/C34H35N7O3/c1-39-11-3-4-24(18-39)41-17-23(16-37-41)29-15-27-32(35-20-36-33(27)38-29)25-5-2-6-30(28(25)19-42)40-12-13-44-31-14-22(21-7-8-21)9-10-26(31)34(40)43/h2,5-6,9-10,14-17,20-21,24,42H,3-4,7-8,11-13,18-19H2,1H3,(H,35,36,38). The Kier molecular flexibility index (Phi) is 6.68. The summed E-state index contributed by atoms with van der Waals surface area (Å²) in [7, 11) is 2.16. The van der Waals surface area contributed by atoms with Crippen molar-refractivity contribution in [1.29, 1.82) is 0 Å². The second-order valence-electron chi connectivity index (χ2n) is 12.2. The Morgan fingerprint density at radius 1 is 1.07 bits per heavy atom. The van der Waals surface area contributed by atoms with Crippen LogP contribution >= 0.6 is 0 Å². The van der Waals surface area contributed by atoms with Gasteiger partial charge in [-0.2, -0.15) is 5.10 Å². The molecule has 3 aliphatic rings.